The molecule has 0 atom stereocenters. The second kappa shape index (κ2) is 9.81. The van der Waals surface area contributed by atoms with E-state index in [1.165, 1.54) is 0 Å². The second-order valence-corrected chi connectivity index (χ2v) is 7.22. The SMILES string of the molecule is N#CCNC(=O)c1ccc(-c2ccnc(Cc3ccc(N4CCOCC4=O)cc3)n2)cc1. The van der Waals surface area contributed by atoms with Gasteiger partial charge in [0.25, 0.3) is 11.8 Å². The van der Waals surface area contributed by atoms with Crippen LogP contribution in [0.4, 0.5) is 5.69 Å². The van der Waals surface area contributed by atoms with Crippen LogP contribution in [-0.4, -0.2) is 48.1 Å². The molecule has 8 nitrogen and oxygen atoms in total. The zero-order valence-electron chi connectivity index (χ0n) is 17.3. The number of hydrogen-bond acceptors (Lipinski definition) is 6. The fourth-order valence-corrected chi connectivity index (χ4v) is 3.43. The van der Waals surface area contributed by atoms with Crippen LogP contribution in [0.15, 0.2) is 60.8 Å². The monoisotopic (exact) mass is 427 g/mol. The summed E-state index contributed by atoms with van der Waals surface area (Å²) in [6.45, 7) is 1.19. The Balaban J connectivity index is 1.45. The molecule has 3 aromatic rings. The Morgan fingerprint density at radius 1 is 1.12 bits per heavy atom. The van der Waals surface area contributed by atoms with Crippen molar-refractivity contribution in [2.24, 2.45) is 0 Å². The minimum Gasteiger partial charge on any atom is -0.370 e. The molecule has 0 aliphatic carbocycles. The van der Waals surface area contributed by atoms with Crippen molar-refractivity contribution in [3.8, 4) is 17.3 Å². The van der Waals surface area contributed by atoms with Crippen molar-refractivity contribution in [2.45, 2.75) is 6.42 Å². The number of carbonyl (C=O) groups excluding carboxylic acids is 2. The van der Waals surface area contributed by atoms with Crippen LogP contribution >= 0.6 is 0 Å². The molecule has 2 amide bonds. The third-order valence-corrected chi connectivity index (χ3v) is 5.07. The number of amides is 2. The lowest BCUT2D eigenvalue weighted by Crippen LogP contribution is -2.41. The molecule has 0 saturated carbocycles. The van der Waals surface area contributed by atoms with E-state index in [2.05, 4.69) is 15.3 Å². The molecular weight excluding hydrogens is 406 g/mol. The Morgan fingerprint density at radius 3 is 2.62 bits per heavy atom. The molecule has 1 N–H and O–H groups in total. The van der Waals surface area contributed by atoms with Gasteiger partial charge in [-0.3, -0.25) is 9.59 Å². The summed E-state index contributed by atoms with van der Waals surface area (Å²) < 4.78 is 5.18. The van der Waals surface area contributed by atoms with E-state index < -0.39 is 0 Å². The van der Waals surface area contributed by atoms with Gasteiger partial charge in [0, 0.05) is 36.0 Å². The summed E-state index contributed by atoms with van der Waals surface area (Å²) in [5.74, 6) is 0.353. The third-order valence-electron chi connectivity index (χ3n) is 5.07. The van der Waals surface area contributed by atoms with Gasteiger partial charge in [-0.25, -0.2) is 9.97 Å². The number of benzene rings is 2. The minimum absolute atomic E-state index is 0.0282. The number of anilines is 1. The molecule has 2 aromatic carbocycles. The Morgan fingerprint density at radius 2 is 1.91 bits per heavy atom. The van der Waals surface area contributed by atoms with Gasteiger partial charge in [0.05, 0.1) is 18.4 Å². The van der Waals surface area contributed by atoms with Gasteiger partial charge in [-0.2, -0.15) is 5.26 Å². The van der Waals surface area contributed by atoms with E-state index in [0.717, 1.165) is 22.5 Å². The molecule has 0 bridgehead atoms. The normalized spacial score (nSPS) is 13.5. The van der Waals surface area contributed by atoms with Crippen LogP contribution in [-0.2, 0) is 16.0 Å². The highest BCUT2D eigenvalue weighted by atomic mass is 16.5. The molecule has 4 rings (SSSR count). The molecule has 0 spiro atoms. The van der Waals surface area contributed by atoms with Crippen molar-refractivity contribution < 1.29 is 14.3 Å². The van der Waals surface area contributed by atoms with Crippen LogP contribution in [0.5, 0.6) is 0 Å². The topological polar surface area (TPSA) is 108 Å². The van der Waals surface area contributed by atoms with Gasteiger partial charge in [0.1, 0.15) is 19.0 Å². The number of nitrogens with zero attached hydrogens (tertiary/aromatic N) is 4. The average Bonchev–Trinajstić information content (AvgIpc) is 2.84. The predicted molar refractivity (Wildman–Crippen MR) is 118 cm³/mol. The fourth-order valence-electron chi connectivity index (χ4n) is 3.43. The van der Waals surface area contributed by atoms with E-state index in [1.54, 1.807) is 23.2 Å². The van der Waals surface area contributed by atoms with E-state index in [9.17, 15) is 9.59 Å². The quantitative estimate of drug-likeness (QED) is 0.605. The molecule has 160 valence electrons. The summed E-state index contributed by atoms with van der Waals surface area (Å²) in [5.41, 5.74) is 4.00. The van der Waals surface area contributed by atoms with Crippen molar-refractivity contribution >= 4 is 17.5 Å². The number of ether oxygens (including phenoxy) is 1. The lowest BCUT2D eigenvalue weighted by Gasteiger charge is -2.26. The summed E-state index contributed by atoms with van der Waals surface area (Å²) >= 11 is 0. The number of hydrogen-bond donors (Lipinski definition) is 1. The molecule has 1 aliphatic heterocycles. The molecule has 1 fully saturated rings. The van der Waals surface area contributed by atoms with Crippen molar-refractivity contribution in [2.75, 3.05) is 31.2 Å². The molecule has 1 saturated heterocycles. The van der Waals surface area contributed by atoms with Crippen molar-refractivity contribution in [3.63, 3.8) is 0 Å². The number of rotatable bonds is 6. The van der Waals surface area contributed by atoms with Gasteiger partial charge in [-0.1, -0.05) is 24.3 Å². The van der Waals surface area contributed by atoms with Crippen molar-refractivity contribution in [1.82, 2.24) is 15.3 Å². The van der Waals surface area contributed by atoms with Gasteiger partial charge in [-0.15, -0.1) is 0 Å². The maximum atomic E-state index is 12.0. The second-order valence-electron chi connectivity index (χ2n) is 7.22. The highest BCUT2D eigenvalue weighted by molar-refractivity contribution is 5.95. The standard InChI is InChI=1S/C24H21N5O3/c25-10-12-27-24(31)19-5-3-18(4-6-19)21-9-11-26-22(28-21)15-17-1-7-20(8-2-17)29-13-14-32-16-23(29)30/h1-9,11H,12-16H2,(H,27,31). The molecule has 1 aliphatic rings. The van der Waals surface area contributed by atoms with Crippen LogP contribution < -0.4 is 10.2 Å². The Bertz CT molecular complexity index is 1150. The molecule has 2 heterocycles. The van der Waals surface area contributed by atoms with E-state index in [4.69, 9.17) is 10.00 Å². The van der Waals surface area contributed by atoms with Gasteiger partial charge in [0.2, 0.25) is 0 Å². The van der Waals surface area contributed by atoms with Gasteiger partial charge >= 0.3 is 0 Å². The largest absolute Gasteiger partial charge is 0.370 e. The molecule has 32 heavy (non-hydrogen) atoms. The minimum atomic E-state index is -0.288. The first kappa shape index (κ1) is 21.2. The lowest BCUT2D eigenvalue weighted by molar-refractivity contribution is -0.125. The summed E-state index contributed by atoms with van der Waals surface area (Å²) in [5, 5.41) is 11.1. The van der Waals surface area contributed by atoms with Crippen molar-refractivity contribution in [1.29, 1.82) is 5.26 Å². The van der Waals surface area contributed by atoms with Crippen LogP contribution in [0.3, 0.4) is 0 Å². The molecule has 0 unspecified atom stereocenters. The predicted octanol–water partition coefficient (Wildman–Crippen LogP) is 2.35. The number of nitriles is 1. The molecular formula is C24H21N5O3. The first-order chi connectivity index (χ1) is 15.6. The van der Waals surface area contributed by atoms with E-state index in [0.29, 0.717) is 31.0 Å². The number of morpholine rings is 1. The van der Waals surface area contributed by atoms with Crippen LogP contribution in [0.25, 0.3) is 11.3 Å². The first-order valence-corrected chi connectivity index (χ1v) is 10.2. The Labute approximate surface area is 185 Å². The van der Waals surface area contributed by atoms with Gasteiger partial charge in [-0.05, 0) is 35.9 Å². The zero-order chi connectivity index (χ0) is 22.3. The average molecular weight is 427 g/mol. The highest BCUT2D eigenvalue weighted by Crippen LogP contribution is 2.20. The first-order valence-electron chi connectivity index (χ1n) is 10.2. The summed E-state index contributed by atoms with van der Waals surface area (Å²) in [7, 11) is 0. The van der Waals surface area contributed by atoms with Crippen LogP contribution in [0.2, 0.25) is 0 Å². The number of nitrogens with one attached hydrogen (secondary N) is 1. The summed E-state index contributed by atoms with van der Waals surface area (Å²) in [6.07, 6.45) is 2.27. The van der Waals surface area contributed by atoms with Gasteiger partial charge in [0.15, 0.2) is 0 Å². The summed E-state index contributed by atoms with van der Waals surface area (Å²) in [4.78, 5) is 34.7. The van der Waals surface area contributed by atoms with Gasteiger partial charge < -0.3 is 15.0 Å². The zero-order valence-corrected chi connectivity index (χ0v) is 17.3. The number of aromatic nitrogens is 2. The van der Waals surface area contributed by atoms with E-state index in [1.807, 2.05) is 48.5 Å². The molecule has 0 radical (unpaired) electrons. The smallest absolute Gasteiger partial charge is 0.253 e. The Kier molecular flexibility index (Phi) is 6.49. The summed E-state index contributed by atoms with van der Waals surface area (Å²) in [6, 6.07) is 18.6. The lowest BCUT2D eigenvalue weighted by atomic mass is 10.1. The number of carbonyl (C=O) groups is 2. The maximum absolute atomic E-state index is 12.0. The molecule has 8 heteroatoms. The molecule has 1 aromatic heterocycles. The Hall–Kier alpha value is -4.09. The maximum Gasteiger partial charge on any atom is 0.253 e. The highest BCUT2D eigenvalue weighted by Gasteiger charge is 2.19. The third kappa shape index (κ3) is 4.96. The van der Waals surface area contributed by atoms with E-state index in [-0.39, 0.29) is 25.0 Å². The van der Waals surface area contributed by atoms with Crippen LogP contribution in [0.1, 0.15) is 21.7 Å². The van der Waals surface area contributed by atoms with E-state index >= 15 is 0 Å². The van der Waals surface area contributed by atoms with Crippen LogP contribution in [0, 0.1) is 11.3 Å². The van der Waals surface area contributed by atoms with Crippen molar-refractivity contribution in [3.05, 3.63) is 77.7 Å². The fraction of sp³-hybridized carbons (Fsp3) is 0.208.